The van der Waals surface area contributed by atoms with Crippen LogP contribution in [0, 0.1) is 16.7 Å². The molecule has 4 atom stereocenters. The number of anilines is 1. The number of carbonyl (C=O) groups is 2. The maximum absolute atomic E-state index is 14.0. The van der Waals surface area contributed by atoms with Gasteiger partial charge in [0.1, 0.15) is 0 Å². The van der Waals surface area contributed by atoms with Gasteiger partial charge in [0.25, 0.3) is 0 Å². The van der Waals surface area contributed by atoms with Gasteiger partial charge in [-0.15, -0.1) is 0 Å². The van der Waals surface area contributed by atoms with Gasteiger partial charge in [-0.3, -0.25) is 14.5 Å². The standard InChI is InChI=1S/C29H45ClN4O3/c1-27(2,3)17-21-24(25(35)31-10-7-11-34-12-14-37-15-13-34)33-23(18-28(4,5)6)29(21)20-9-8-19(30)16-22(20)32-26(29)36/h8-9,16,21,23-24,33H,7,10-15,17-18H2,1-6H3,(H,31,35)(H,32,36)/t21-,23+,24+,29+/m0/s1. The van der Waals surface area contributed by atoms with E-state index in [-0.39, 0.29) is 34.6 Å². The smallest absolute Gasteiger partial charge is 0.237 e. The topological polar surface area (TPSA) is 82.7 Å². The van der Waals surface area contributed by atoms with E-state index in [4.69, 9.17) is 16.3 Å². The first-order valence-electron chi connectivity index (χ1n) is 13.8. The molecule has 0 aromatic heterocycles. The third-order valence-electron chi connectivity index (χ3n) is 7.95. The minimum Gasteiger partial charge on any atom is -0.379 e. The van der Waals surface area contributed by atoms with Gasteiger partial charge in [0.15, 0.2) is 0 Å². The highest BCUT2D eigenvalue weighted by Crippen LogP contribution is 2.55. The number of hydrogen-bond acceptors (Lipinski definition) is 5. The van der Waals surface area contributed by atoms with Crippen LogP contribution >= 0.6 is 11.6 Å². The number of nitrogens with zero attached hydrogens (tertiary/aromatic N) is 1. The third kappa shape index (κ3) is 6.16. The largest absolute Gasteiger partial charge is 0.379 e. The van der Waals surface area contributed by atoms with E-state index in [1.54, 1.807) is 0 Å². The summed E-state index contributed by atoms with van der Waals surface area (Å²) >= 11 is 6.32. The summed E-state index contributed by atoms with van der Waals surface area (Å²) in [6.45, 7) is 18.1. The number of hydrogen-bond donors (Lipinski definition) is 3. The Hall–Kier alpha value is -1.67. The molecule has 0 radical (unpaired) electrons. The summed E-state index contributed by atoms with van der Waals surface area (Å²) in [5, 5.41) is 10.6. The molecule has 7 nitrogen and oxygen atoms in total. The van der Waals surface area contributed by atoms with Crippen LogP contribution in [0.5, 0.6) is 0 Å². The summed E-state index contributed by atoms with van der Waals surface area (Å²) in [5.41, 5.74) is 0.788. The molecule has 37 heavy (non-hydrogen) atoms. The number of fused-ring (bicyclic) bond motifs is 2. The third-order valence-corrected chi connectivity index (χ3v) is 8.19. The minimum absolute atomic E-state index is 0.0118. The molecule has 0 bridgehead atoms. The molecule has 2 saturated heterocycles. The zero-order valence-electron chi connectivity index (χ0n) is 23.4. The van der Waals surface area contributed by atoms with Crippen LogP contribution in [-0.4, -0.2) is 68.2 Å². The molecule has 0 aliphatic carbocycles. The highest BCUT2D eigenvalue weighted by Gasteiger charge is 2.65. The summed E-state index contributed by atoms with van der Waals surface area (Å²) in [5.74, 6) is -0.230. The van der Waals surface area contributed by atoms with Crippen LogP contribution in [0.15, 0.2) is 18.2 Å². The molecule has 2 amide bonds. The van der Waals surface area contributed by atoms with E-state index < -0.39 is 11.5 Å². The molecule has 1 aromatic carbocycles. The molecular weight excluding hydrogens is 488 g/mol. The predicted octanol–water partition coefficient (Wildman–Crippen LogP) is 4.20. The first kappa shape index (κ1) is 28.3. The van der Waals surface area contributed by atoms with Crippen LogP contribution in [0.25, 0.3) is 0 Å². The van der Waals surface area contributed by atoms with Crippen molar-refractivity contribution in [3.05, 3.63) is 28.8 Å². The number of nitrogens with one attached hydrogen (secondary N) is 3. The number of benzene rings is 1. The van der Waals surface area contributed by atoms with Gasteiger partial charge in [0.05, 0.1) is 24.7 Å². The summed E-state index contributed by atoms with van der Waals surface area (Å²) in [7, 11) is 0. The van der Waals surface area contributed by atoms with Gasteiger partial charge in [-0.25, -0.2) is 0 Å². The van der Waals surface area contributed by atoms with Crippen molar-refractivity contribution in [3.8, 4) is 0 Å². The lowest BCUT2D eigenvalue weighted by molar-refractivity contribution is -0.125. The summed E-state index contributed by atoms with van der Waals surface area (Å²) in [6, 6.07) is 5.06. The van der Waals surface area contributed by atoms with Crippen LogP contribution in [0.3, 0.4) is 0 Å². The zero-order valence-corrected chi connectivity index (χ0v) is 24.1. The molecule has 3 N–H and O–H groups in total. The summed E-state index contributed by atoms with van der Waals surface area (Å²) < 4.78 is 5.43. The highest BCUT2D eigenvalue weighted by molar-refractivity contribution is 6.31. The first-order valence-corrected chi connectivity index (χ1v) is 14.1. The number of rotatable bonds is 7. The SMILES string of the molecule is CC(C)(C)C[C@H]1N[C@@H](C(=O)NCCCN2CCOCC2)[C@H](CC(C)(C)C)[C@@]12C(=O)Nc1cc(Cl)ccc12. The molecule has 3 heterocycles. The Kier molecular flexibility index (Phi) is 8.30. The van der Waals surface area contributed by atoms with E-state index in [9.17, 15) is 9.59 Å². The quantitative estimate of drug-likeness (QED) is 0.458. The molecule has 8 heteroatoms. The van der Waals surface area contributed by atoms with Gasteiger partial charge in [0.2, 0.25) is 11.8 Å². The van der Waals surface area contributed by atoms with Crippen LogP contribution in [0.2, 0.25) is 5.02 Å². The van der Waals surface area contributed by atoms with Crippen molar-refractivity contribution in [2.45, 2.75) is 78.3 Å². The Bertz CT molecular complexity index is 996. The van der Waals surface area contributed by atoms with Crippen LogP contribution in [-0.2, 0) is 19.7 Å². The van der Waals surface area contributed by atoms with Gasteiger partial charge >= 0.3 is 0 Å². The van der Waals surface area contributed by atoms with Gasteiger partial charge in [-0.2, -0.15) is 0 Å². The Balaban J connectivity index is 1.63. The fourth-order valence-corrected chi connectivity index (χ4v) is 6.68. The Morgan fingerprint density at radius 3 is 2.46 bits per heavy atom. The number of ether oxygens (including phenoxy) is 1. The number of halogens is 1. The molecule has 3 aliphatic heterocycles. The van der Waals surface area contributed by atoms with Crippen molar-refractivity contribution in [3.63, 3.8) is 0 Å². The van der Waals surface area contributed by atoms with E-state index in [2.05, 4.69) is 62.4 Å². The van der Waals surface area contributed by atoms with Crippen molar-refractivity contribution < 1.29 is 14.3 Å². The normalized spacial score (nSPS) is 28.4. The lowest BCUT2D eigenvalue weighted by Gasteiger charge is -2.39. The second-order valence-electron chi connectivity index (χ2n) is 13.4. The fourth-order valence-electron chi connectivity index (χ4n) is 6.51. The van der Waals surface area contributed by atoms with Crippen molar-refractivity contribution in [1.82, 2.24) is 15.5 Å². The number of amides is 2. The highest BCUT2D eigenvalue weighted by atomic mass is 35.5. The molecule has 4 rings (SSSR count). The average molecular weight is 533 g/mol. The number of carbonyl (C=O) groups excluding carboxylic acids is 2. The van der Waals surface area contributed by atoms with E-state index in [1.807, 2.05) is 18.2 Å². The first-order chi connectivity index (χ1) is 17.3. The predicted molar refractivity (Wildman–Crippen MR) is 149 cm³/mol. The maximum Gasteiger partial charge on any atom is 0.237 e. The molecule has 1 spiro atoms. The van der Waals surface area contributed by atoms with Crippen LogP contribution in [0.4, 0.5) is 5.69 Å². The van der Waals surface area contributed by atoms with Crippen molar-refractivity contribution in [2.75, 3.05) is 44.7 Å². The van der Waals surface area contributed by atoms with Crippen molar-refractivity contribution in [2.24, 2.45) is 16.7 Å². The van der Waals surface area contributed by atoms with E-state index in [0.29, 0.717) is 11.6 Å². The van der Waals surface area contributed by atoms with E-state index >= 15 is 0 Å². The molecule has 0 saturated carbocycles. The summed E-state index contributed by atoms with van der Waals surface area (Å²) in [4.78, 5) is 30.2. The molecule has 0 unspecified atom stereocenters. The molecular formula is C29H45ClN4O3. The monoisotopic (exact) mass is 532 g/mol. The molecule has 1 aromatic rings. The van der Waals surface area contributed by atoms with Crippen molar-refractivity contribution in [1.29, 1.82) is 0 Å². The zero-order chi connectivity index (χ0) is 27.0. The van der Waals surface area contributed by atoms with Crippen LogP contribution < -0.4 is 16.0 Å². The Morgan fingerprint density at radius 2 is 1.81 bits per heavy atom. The second kappa shape index (κ2) is 10.8. The maximum atomic E-state index is 14.0. The minimum atomic E-state index is -0.837. The van der Waals surface area contributed by atoms with Crippen LogP contribution in [0.1, 0.15) is 66.4 Å². The van der Waals surface area contributed by atoms with E-state index in [1.165, 1.54) is 0 Å². The second-order valence-corrected chi connectivity index (χ2v) is 13.9. The van der Waals surface area contributed by atoms with Gasteiger partial charge < -0.3 is 20.7 Å². The Morgan fingerprint density at radius 1 is 1.14 bits per heavy atom. The Labute approximate surface area is 227 Å². The molecule has 2 fully saturated rings. The van der Waals surface area contributed by atoms with Crippen molar-refractivity contribution >= 4 is 29.1 Å². The molecule has 206 valence electrons. The lowest BCUT2D eigenvalue weighted by atomic mass is 9.61. The summed E-state index contributed by atoms with van der Waals surface area (Å²) in [6.07, 6.45) is 2.40. The van der Waals surface area contributed by atoms with Gasteiger partial charge in [-0.1, -0.05) is 59.2 Å². The molecule has 3 aliphatic rings. The van der Waals surface area contributed by atoms with Gasteiger partial charge in [0, 0.05) is 42.3 Å². The lowest BCUT2D eigenvalue weighted by Crippen LogP contribution is -2.51. The van der Waals surface area contributed by atoms with Gasteiger partial charge in [-0.05, 0) is 54.3 Å². The number of morpholine rings is 1. The van der Waals surface area contributed by atoms with E-state index in [0.717, 1.165) is 63.4 Å². The average Bonchev–Trinajstić information content (AvgIpc) is 3.25. The fraction of sp³-hybridized carbons (Fsp3) is 0.724.